The molecule has 2 nitrogen and oxygen atoms in total. The van der Waals surface area contributed by atoms with Gasteiger partial charge in [0.25, 0.3) is 0 Å². The number of nitrogens with two attached hydrogens (primary N) is 1. The Hall–Kier alpha value is -1.78. The Morgan fingerprint density at radius 3 is 2.71 bits per heavy atom. The minimum atomic E-state index is -0.592. The second-order valence-electron chi connectivity index (χ2n) is 5.00. The Kier molecular flexibility index (Phi) is 3.74. The number of aromatic nitrogens is 1. The van der Waals surface area contributed by atoms with Crippen molar-refractivity contribution in [1.82, 2.24) is 4.98 Å². The van der Waals surface area contributed by atoms with Crippen LogP contribution in [0.15, 0.2) is 53.0 Å². The van der Waals surface area contributed by atoms with Crippen molar-refractivity contribution in [3.63, 3.8) is 0 Å². The fourth-order valence-electron chi connectivity index (χ4n) is 2.45. The van der Waals surface area contributed by atoms with E-state index in [4.69, 9.17) is 5.73 Å². The van der Waals surface area contributed by atoms with Gasteiger partial charge in [-0.15, -0.1) is 0 Å². The van der Waals surface area contributed by atoms with Crippen LogP contribution in [0.1, 0.15) is 22.9 Å². The monoisotopic (exact) mass is 344 g/mol. The molecule has 1 unspecified atom stereocenters. The van der Waals surface area contributed by atoms with E-state index in [2.05, 4.69) is 20.9 Å². The normalized spacial score (nSPS) is 12.6. The molecular weight excluding hydrogens is 331 g/mol. The highest BCUT2D eigenvalue weighted by atomic mass is 79.9. The van der Waals surface area contributed by atoms with Gasteiger partial charge in [-0.05, 0) is 46.6 Å². The molecule has 0 amide bonds. The van der Waals surface area contributed by atoms with Crippen LogP contribution in [0.3, 0.4) is 0 Å². The minimum absolute atomic E-state index is 0.336. The molecule has 0 fully saturated rings. The number of fused-ring (bicyclic) bond motifs is 1. The molecule has 0 saturated carbocycles. The summed E-state index contributed by atoms with van der Waals surface area (Å²) in [6, 6.07) is 14.3. The highest BCUT2D eigenvalue weighted by Crippen LogP contribution is 2.28. The third-order valence-corrected chi connectivity index (χ3v) is 4.19. The molecule has 1 heterocycles. The predicted octanol–water partition coefficient (Wildman–Crippen LogP) is 4.49. The van der Waals surface area contributed by atoms with Crippen LogP contribution in [0, 0.1) is 12.7 Å². The molecule has 0 spiro atoms. The quantitative estimate of drug-likeness (QED) is 0.743. The van der Waals surface area contributed by atoms with E-state index in [1.165, 1.54) is 0 Å². The first kappa shape index (κ1) is 14.2. The highest BCUT2D eigenvalue weighted by molar-refractivity contribution is 9.10. The van der Waals surface area contributed by atoms with Crippen LogP contribution in [0.25, 0.3) is 10.9 Å². The fraction of sp³-hybridized carbons (Fsp3) is 0.118. The van der Waals surface area contributed by atoms with E-state index in [1.807, 2.05) is 37.3 Å². The maximum Gasteiger partial charge on any atom is 0.142 e. The van der Waals surface area contributed by atoms with E-state index in [0.29, 0.717) is 15.7 Å². The van der Waals surface area contributed by atoms with E-state index in [9.17, 15) is 4.39 Å². The number of hydrogen-bond acceptors (Lipinski definition) is 2. The van der Waals surface area contributed by atoms with Crippen molar-refractivity contribution in [2.75, 3.05) is 0 Å². The number of aryl methyl sites for hydroxylation is 1. The van der Waals surface area contributed by atoms with Gasteiger partial charge in [0.1, 0.15) is 5.82 Å². The predicted molar refractivity (Wildman–Crippen MR) is 86.6 cm³/mol. The van der Waals surface area contributed by atoms with Crippen LogP contribution in [-0.4, -0.2) is 4.98 Å². The molecule has 2 N–H and O–H groups in total. The summed E-state index contributed by atoms with van der Waals surface area (Å²) in [4.78, 5) is 4.58. The summed E-state index contributed by atoms with van der Waals surface area (Å²) in [5.41, 5.74) is 9.29. The molecule has 1 atom stereocenters. The molecular formula is C17H14BrFN2. The number of halogens is 2. The molecule has 0 bridgehead atoms. The molecule has 106 valence electrons. The van der Waals surface area contributed by atoms with Gasteiger partial charge >= 0.3 is 0 Å². The number of nitrogens with zero attached hydrogens (tertiary/aromatic N) is 1. The second kappa shape index (κ2) is 5.54. The number of pyridine rings is 1. The Morgan fingerprint density at radius 2 is 1.90 bits per heavy atom. The maximum atomic E-state index is 14.2. The number of para-hydroxylation sites is 1. The first-order valence-corrected chi connectivity index (χ1v) is 7.43. The summed E-state index contributed by atoms with van der Waals surface area (Å²) in [6.45, 7) is 2.01. The lowest BCUT2D eigenvalue weighted by molar-refractivity contribution is 0.591. The fourth-order valence-corrected chi connectivity index (χ4v) is 2.84. The van der Waals surface area contributed by atoms with Gasteiger partial charge in [0.05, 0.1) is 21.7 Å². The van der Waals surface area contributed by atoms with E-state index < -0.39 is 6.04 Å². The summed E-state index contributed by atoms with van der Waals surface area (Å²) < 4.78 is 14.6. The molecule has 0 aliphatic rings. The zero-order chi connectivity index (χ0) is 15.0. The van der Waals surface area contributed by atoms with E-state index in [0.717, 1.165) is 16.5 Å². The molecule has 0 aliphatic carbocycles. The molecule has 3 rings (SSSR count). The van der Waals surface area contributed by atoms with Crippen molar-refractivity contribution in [2.45, 2.75) is 13.0 Å². The maximum absolute atomic E-state index is 14.2. The van der Waals surface area contributed by atoms with Crippen LogP contribution in [0.4, 0.5) is 4.39 Å². The molecule has 0 aliphatic heterocycles. The first-order valence-electron chi connectivity index (χ1n) is 6.63. The summed E-state index contributed by atoms with van der Waals surface area (Å²) in [7, 11) is 0. The molecule has 0 saturated heterocycles. The van der Waals surface area contributed by atoms with E-state index >= 15 is 0 Å². The summed E-state index contributed by atoms with van der Waals surface area (Å²) in [6.07, 6.45) is 0. The largest absolute Gasteiger partial charge is 0.319 e. The van der Waals surface area contributed by atoms with Crippen molar-refractivity contribution in [2.24, 2.45) is 5.73 Å². The lowest BCUT2D eigenvalue weighted by Gasteiger charge is -2.15. The van der Waals surface area contributed by atoms with Gasteiger partial charge in [0.15, 0.2) is 0 Å². The van der Waals surface area contributed by atoms with Crippen LogP contribution in [-0.2, 0) is 0 Å². The average molecular weight is 345 g/mol. The Balaban J connectivity index is 2.13. The molecule has 21 heavy (non-hydrogen) atoms. The van der Waals surface area contributed by atoms with Crippen LogP contribution >= 0.6 is 15.9 Å². The van der Waals surface area contributed by atoms with Crippen molar-refractivity contribution in [1.29, 1.82) is 0 Å². The molecule has 4 heteroatoms. The van der Waals surface area contributed by atoms with Gasteiger partial charge in [-0.25, -0.2) is 4.39 Å². The van der Waals surface area contributed by atoms with Crippen molar-refractivity contribution in [3.05, 3.63) is 75.6 Å². The first-order chi connectivity index (χ1) is 10.1. The zero-order valence-corrected chi connectivity index (χ0v) is 13.1. The molecule has 2 aromatic carbocycles. The Bertz CT molecular complexity index is 817. The van der Waals surface area contributed by atoms with Crippen molar-refractivity contribution >= 4 is 26.8 Å². The minimum Gasteiger partial charge on any atom is -0.319 e. The van der Waals surface area contributed by atoms with Gasteiger partial charge in [0.2, 0.25) is 0 Å². The number of rotatable bonds is 2. The molecule has 0 radical (unpaired) electrons. The van der Waals surface area contributed by atoms with Gasteiger partial charge in [-0.2, -0.15) is 0 Å². The smallest absolute Gasteiger partial charge is 0.142 e. The number of benzene rings is 2. The lowest BCUT2D eigenvalue weighted by Crippen LogP contribution is -2.15. The van der Waals surface area contributed by atoms with Gasteiger partial charge in [-0.1, -0.05) is 30.3 Å². The van der Waals surface area contributed by atoms with E-state index in [1.54, 1.807) is 18.2 Å². The van der Waals surface area contributed by atoms with E-state index in [-0.39, 0.29) is 5.82 Å². The third-order valence-electron chi connectivity index (χ3n) is 3.58. The van der Waals surface area contributed by atoms with Gasteiger partial charge in [0, 0.05) is 10.9 Å². The lowest BCUT2D eigenvalue weighted by atomic mass is 10.0. The third kappa shape index (κ3) is 2.57. The van der Waals surface area contributed by atoms with Crippen LogP contribution in [0.2, 0.25) is 0 Å². The molecule has 1 aromatic heterocycles. The summed E-state index contributed by atoms with van der Waals surface area (Å²) >= 11 is 3.19. The number of hydrogen-bond donors (Lipinski definition) is 1. The highest BCUT2D eigenvalue weighted by Gasteiger charge is 2.17. The van der Waals surface area contributed by atoms with Crippen LogP contribution < -0.4 is 5.73 Å². The second-order valence-corrected chi connectivity index (χ2v) is 5.86. The topological polar surface area (TPSA) is 38.9 Å². The van der Waals surface area contributed by atoms with Crippen molar-refractivity contribution < 1.29 is 4.39 Å². The Morgan fingerprint density at radius 1 is 1.14 bits per heavy atom. The SMILES string of the molecule is Cc1cc(C(N)c2cccc(Br)c2F)nc2ccccc12. The average Bonchev–Trinajstić information content (AvgIpc) is 2.49. The standard InChI is InChI=1S/C17H14BrFN2/c1-10-9-15(21-14-8-3-2-5-11(10)14)17(20)12-6-4-7-13(18)16(12)19/h2-9,17H,20H2,1H3. The summed E-state index contributed by atoms with van der Waals surface area (Å²) in [5, 5.41) is 1.09. The van der Waals surface area contributed by atoms with Crippen LogP contribution in [0.5, 0.6) is 0 Å². The molecule has 3 aromatic rings. The van der Waals surface area contributed by atoms with Gasteiger partial charge in [-0.3, -0.25) is 4.98 Å². The zero-order valence-electron chi connectivity index (χ0n) is 11.5. The summed E-state index contributed by atoms with van der Waals surface area (Å²) in [5.74, 6) is -0.336. The van der Waals surface area contributed by atoms with Crippen molar-refractivity contribution in [3.8, 4) is 0 Å². The Labute approximate surface area is 130 Å². The van der Waals surface area contributed by atoms with Gasteiger partial charge < -0.3 is 5.73 Å².